The van der Waals surface area contributed by atoms with Crippen LogP contribution in [0.1, 0.15) is 11.3 Å². The van der Waals surface area contributed by atoms with E-state index < -0.39 is 0 Å². The van der Waals surface area contributed by atoms with Crippen LogP contribution in [0.5, 0.6) is 0 Å². The molecule has 0 aliphatic carbocycles. The molecule has 0 bridgehead atoms. The van der Waals surface area contributed by atoms with Crippen LogP contribution in [-0.2, 0) is 20.0 Å². The van der Waals surface area contributed by atoms with Crippen molar-refractivity contribution in [2.45, 2.75) is 19.0 Å². The molecule has 18 heavy (non-hydrogen) atoms. The van der Waals surface area contributed by atoms with E-state index >= 15 is 0 Å². The van der Waals surface area contributed by atoms with Gasteiger partial charge in [0.05, 0.1) is 12.3 Å². The molecule has 1 heterocycles. The van der Waals surface area contributed by atoms with Crippen LogP contribution >= 0.6 is 0 Å². The summed E-state index contributed by atoms with van der Waals surface area (Å²) in [5.74, 6) is 0. The van der Waals surface area contributed by atoms with Crippen molar-refractivity contribution in [3.05, 3.63) is 53.9 Å². The first kappa shape index (κ1) is 12.8. The maximum absolute atomic E-state index is 9.40. The lowest BCUT2D eigenvalue weighted by Gasteiger charge is -2.16. The van der Waals surface area contributed by atoms with E-state index in [1.54, 1.807) is 6.20 Å². The lowest BCUT2D eigenvalue weighted by molar-refractivity contribution is 0.240. The molecule has 1 aromatic heterocycles. The minimum absolute atomic E-state index is 0.0716. The molecule has 4 heteroatoms. The molecule has 0 aliphatic heterocycles. The Labute approximate surface area is 107 Å². The highest BCUT2D eigenvalue weighted by Crippen LogP contribution is 2.04. The molecule has 0 amide bonds. The molecule has 0 unspecified atom stereocenters. The third-order valence-electron chi connectivity index (χ3n) is 3.04. The maximum atomic E-state index is 9.40. The molecule has 1 aromatic carbocycles. The van der Waals surface area contributed by atoms with Gasteiger partial charge < -0.3 is 10.4 Å². The van der Waals surface area contributed by atoms with Crippen molar-refractivity contribution in [3.63, 3.8) is 0 Å². The number of aliphatic hydroxyl groups excluding tert-OH is 1. The number of nitrogens with one attached hydrogen (secondary N) is 1. The Kier molecular flexibility index (Phi) is 4.50. The van der Waals surface area contributed by atoms with E-state index in [-0.39, 0.29) is 12.6 Å². The van der Waals surface area contributed by atoms with E-state index in [0.29, 0.717) is 6.54 Å². The second-order valence-electron chi connectivity index (χ2n) is 4.40. The van der Waals surface area contributed by atoms with Crippen molar-refractivity contribution in [3.8, 4) is 0 Å². The average Bonchev–Trinajstić information content (AvgIpc) is 2.81. The third kappa shape index (κ3) is 3.42. The minimum atomic E-state index is 0.0716. The number of rotatable bonds is 6. The number of hydrogen-bond acceptors (Lipinski definition) is 3. The zero-order valence-corrected chi connectivity index (χ0v) is 10.6. The molecule has 0 saturated carbocycles. The first-order valence-electron chi connectivity index (χ1n) is 6.14. The Hall–Kier alpha value is -1.65. The molecule has 2 rings (SSSR count). The zero-order chi connectivity index (χ0) is 12.8. The van der Waals surface area contributed by atoms with Crippen LogP contribution in [0.2, 0.25) is 0 Å². The maximum Gasteiger partial charge on any atom is 0.0588 e. The minimum Gasteiger partial charge on any atom is -0.395 e. The summed E-state index contributed by atoms with van der Waals surface area (Å²) in [7, 11) is 1.92. The van der Waals surface area contributed by atoms with Crippen LogP contribution in [0.15, 0.2) is 42.6 Å². The molecule has 1 atom stereocenters. The van der Waals surface area contributed by atoms with Crippen LogP contribution in [0.3, 0.4) is 0 Å². The summed E-state index contributed by atoms with van der Waals surface area (Å²) >= 11 is 0. The molecule has 96 valence electrons. The van der Waals surface area contributed by atoms with Crippen molar-refractivity contribution in [2.75, 3.05) is 6.61 Å². The summed E-state index contributed by atoms with van der Waals surface area (Å²) in [4.78, 5) is 0. The topological polar surface area (TPSA) is 50.1 Å². The lowest BCUT2D eigenvalue weighted by atomic mass is 10.1. The SMILES string of the molecule is Cn1nccc1CN[C@@H](CO)Cc1ccccc1. The Morgan fingerprint density at radius 2 is 2.06 bits per heavy atom. The van der Waals surface area contributed by atoms with Crippen LogP contribution < -0.4 is 5.32 Å². The summed E-state index contributed by atoms with van der Waals surface area (Å²) < 4.78 is 1.84. The molecule has 0 spiro atoms. The number of hydrogen-bond donors (Lipinski definition) is 2. The number of aryl methyl sites for hydroxylation is 1. The van der Waals surface area contributed by atoms with Gasteiger partial charge in [0.25, 0.3) is 0 Å². The zero-order valence-electron chi connectivity index (χ0n) is 10.6. The van der Waals surface area contributed by atoms with Gasteiger partial charge in [-0.1, -0.05) is 30.3 Å². The fraction of sp³-hybridized carbons (Fsp3) is 0.357. The fourth-order valence-electron chi connectivity index (χ4n) is 1.92. The Morgan fingerprint density at radius 1 is 1.28 bits per heavy atom. The summed E-state index contributed by atoms with van der Waals surface area (Å²) in [6.45, 7) is 0.849. The quantitative estimate of drug-likeness (QED) is 0.801. The van der Waals surface area contributed by atoms with Gasteiger partial charge >= 0.3 is 0 Å². The highest BCUT2D eigenvalue weighted by molar-refractivity contribution is 5.16. The first-order chi connectivity index (χ1) is 8.79. The highest BCUT2D eigenvalue weighted by atomic mass is 16.3. The van der Waals surface area contributed by atoms with E-state index in [9.17, 15) is 5.11 Å². The molecule has 4 nitrogen and oxygen atoms in total. The van der Waals surface area contributed by atoms with Gasteiger partial charge in [-0.15, -0.1) is 0 Å². The standard InChI is InChI=1S/C14H19N3O/c1-17-14(7-8-16-17)10-15-13(11-18)9-12-5-3-2-4-6-12/h2-8,13,15,18H,9-11H2,1H3/t13-/m1/s1. The van der Waals surface area contributed by atoms with Gasteiger partial charge in [-0.3, -0.25) is 4.68 Å². The van der Waals surface area contributed by atoms with Crippen LogP contribution in [0, 0.1) is 0 Å². The monoisotopic (exact) mass is 245 g/mol. The van der Waals surface area contributed by atoms with Crippen molar-refractivity contribution in [2.24, 2.45) is 7.05 Å². The Morgan fingerprint density at radius 3 is 2.67 bits per heavy atom. The third-order valence-corrected chi connectivity index (χ3v) is 3.04. The molecular weight excluding hydrogens is 226 g/mol. The van der Waals surface area contributed by atoms with Crippen LogP contribution in [0.25, 0.3) is 0 Å². The van der Waals surface area contributed by atoms with Gasteiger partial charge in [-0.05, 0) is 18.1 Å². The smallest absolute Gasteiger partial charge is 0.0588 e. The van der Waals surface area contributed by atoms with Crippen molar-refractivity contribution < 1.29 is 5.11 Å². The largest absolute Gasteiger partial charge is 0.395 e. The predicted octanol–water partition coefficient (Wildman–Crippen LogP) is 1.11. The van der Waals surface area contributed by atoms with Crippen molar-refractivity contribution in [1.82, 2.24) is 15.1 Å². The second-order valence-corrected chi connectivity index (χ2v) is 4.40. The van der Waals surface area contributed by atoms with Crippen molar-refractivity contribution >= 4 is 0 Å². The van der Waals surface area contributed by atoms with Gasteiger partial charge in [0.15, 0.2) is 0 Å². The predicted molar refractivity (Wildman–Crippen MR) is 71.1 cm³/mol. The first-order valence-corrected chi connectivity index (χ1v) is 6.14. The van der Waals surface area contributed by atoms with Gasteiger partial charge in [0.2, 0.25) is 0 Å². The highest BCUT2D eigenvalue weighted by Gasteiger charge is 2.08. The van der Waals surface area contributed by atoms with E-state index in [4.69, 9.17) is 0 Å². The number of aromatic nitrogens is 2. The van der Waals surface area contributed by atoms with Crippen molar-refractivity contribution in [1.29, 1.82) is 0 Å². The Bertz CT molecular complexity index is 467. The molecule has 0 radical (unpaired) electrons. The van der Waals surface area contributed by atoms with Gasteiger partial charge in [0.1, 0.15) is 0 Å². The summed E-state index contributed by atoms with van der Waals surface area (Å²) in [6.07, 6.45) is 2.61. The molecular formula is C14H19N3O. The normalized spacial score (nSPS) is 12.6. The number of nitrogens with zero attached hydrogens (tertiary/aromatic N) is 2. The molecule has 0 aliphatic rings. The molecule has 0 fully saturated rings. The average molecular weight is 245 g/mol. The van der Waals surface area contributed by atoms with Gasteiger partial charge in [-0.25, -0.2) is 0 Å². The van der Waals surface area contributed by atoms with Gasteiger partial charge in [-0.2, -0.15) is 5.10 Å². The number of aliphatic hydroxyl groups is 1. The van der Waals surface area contributed by atoms with E-state index in [0.717, 1.165) is 12.1 Å². The fourth-order valence-corrected chi connectivity index (χ4v) is 1.92. The van der Waals surface area contributed by atoms with Gasteiger partial charge in [0, 0.05) is 25.8 Å². The molecule has 0 saturated heterocycles. The molecule has 2 N–H and O–H groups in total. The summed E-state index contributed by atoms with van der Waals surface area (Å²) in [5, 5.41) is 16.9. The lowest BCUT2D eigenvalue weighted by Crippen LogP contribution is -2.34. The summed E-state index contributed by atoms with van der Waals surface area (Å²) in [6, 6.07) is 12.2. The second kappa shape index (κ2) is 6.33. The summed E-state index contributed by atoms with van der Waals surface area (Å²) in [5.41, 5.74) is 2.34. The van der Waals surface area contributed by atoms with E-state index in [1.165, 1.54) is 5.56 Å². The van der Waals surface area contributed by atoms with Crippen LogP contribution in [-0.4, -0.2) is 27.5 Å². The van der Waals surface area contributed by atoms with E-state index in [1.807, 2.05) is 36.0 Å². The number of benzene rings is 1. The Balaban J connectivity index is 1.88. The van der Waals surface area contributed by atoms with E-state index in [2.05, 4.69) is 22.5 Å². The van der Waals surface area contributed by atoms with Crippen LogP contribution in [0.4, 0.5) is 0 Å². The molecule has 2 aromatic rings.